The number of hydrogen-bond acceptors (Lipinski definition) is 5. The van der Waals surface area contributed by atoms with Gasteiger partial charge >= 0.3 is 0 Å². The molecule has 1 saturated carbocycles. The minimum Gasteiger partial charge on any atom is -0.348 e. The molecule has 35 heavy (non-hydrogen) atoms. The second-order valence-corrected chi connectivity index (χ2v) is 12.8. The number of nitrogens with one attached hydrogen (secondary N) is 1. The van der Waals surface area contributed by atoms with Gasteiger partial charge in [0.2, 0.25) is 5.91 Å². The fourth-order valence-electron chi connectivity index (χ4n) is 6.91. The van der Waals surface area contributed by atoms with Crippen LogP contribution >= 0.6 is 11.3 Å². The Balaban J connectivity index is 1.25. The van der Waals surface area contributed by atoms with Gasteiger partial charge < -0.3 is 9.88 Å². The molecular weight excluding hydrogens is 454 g/mol. The second-order valence-electron chi connectivity index (χ2n) is 11.5. The van der Waals surface area contributed by atoms with E-state index >= 15 is 0 Å². The number of carbonyl (C=O) groups is 1. The van der Waals surface area contributed by atoms with Crippen LogP contribution in [0.3, 0.4) is 0 Å². The van der Waals surface area contributed by atoms with Crippen LogP contribution in [0.2, 0.25) is 0 Å². The summed E-state index contributed by atoms with van der Waals surface area (Å²) in [6, 6.07) is 6.32. The van der Waals surface area contributed by atoms with Crippen LogP contribution in [-0.2, 0) is 4.79 Å². The molecule has 2 aromatic rings. The number of fused-ring (bicyclic) bond motifs is 2. The van der Waals surface area contributed by atoms with Gasteiger partial charge in [0.15, 0.2) is 0 Å². The lowest BCUT2D eigenvalue weighted by molar-refractivity contribution is -0.126. The Bertz CT molecular complexity index is 993. The zero-order valence-electron chi connectivity index (χ0n) is 22.0. The highest BCUT2D eigenvalue weighted by Gasteiger charge is 2.42. The Labute approximate surface area is 214 Å². The minimum absolute atomic E-state index is 0.132. The van der Waals surface area contributed by atoms with Crippen molar-refractivity contribution >= 4 is 17.2 Å². The summed E-state index contributed by atoms with van der Waals surface area (Å²) in [4.78, 5) is 18.5. The van der Waals surface area contributed by atoms with E-state index in [1.807, 2.05) is 11.3 Å². The topological polar surface area (TPSA) is 63.1 Å². The fourth-order valence-corrected chi connectivity index (χ4v) is 7.87. The van der Waals surface area contributed by atoms with Gasteiger partial charge in [0.05, 0.1) is 6.04 Å². The Kier molecular flexibility index (Phi) is 7.63. The molecule has 4 atom stereocenters. The molecule has 6 nitrogen and oxygen atoms in total. The van der Waals surface area contributed by atoms with Crippen molar-refractivity contribution in [3.8, 4) is 0 Å². The Morgan fingerprint density at radius 2 is 1.74 bits per heavy atom. The van der Waals surface area contributed by atoms with E-state index in [4.69, 9.17) is 0 Å². The summed E-state index contributed by atoms with van der Waals surface area (Å²) in [7, 11) is 0. The second kappa shape index (κ2) is 10.7. The van der Waals surface area contributed by atoms with E-state index in [9.17, 15) is 4.79 Å². The molecule has 3 fully saturated rings. The summed E-state index contributed by atoms with van der Waals surface area (Å²) in [5.41, 5.74) is 0. The molecular formula is C28H43N5OS. The number of thiophene rings is 1. The van der Waals surface area contributed by atoms with Crippen molar-refractivity contribution in [1.29, 1.82) is 0 Å². The lowest BCUT2D eigenvalue weighted by Gasteiger charge is -2.40. The molecule has 1 aliphatic carbocycles. The molecule has 0 spiro atoms. The number of aryl methyl sites for hydroxylation is 2. The van der Waals surface area contributed by atoms with Crippen LogP contribution in [-0.4, -0.2) is 44.2 Å². The quantitative estimate of drug-likeness (QED) is 0.480. The van der Waals surface area contributed by atoms with Gasteiger partial charge in [-0.05, 0) is 70.9 Å². The van der Waals surface area contributed by atoms with Gasteiger partial charge in [-0.1, -0.05) is 33.1 Å². The first-order valence-corrected chi connectivity index (χ1v) is 14.8. The fraction of sp³-hybridized carbons (Fsp3) is 0.750. The lowest BCUT2D eigenvalue weighted by Crippen LogP contribution is -2.45. The predicted molar refractivity (Wildman–Crippen MR) is 142 cm³/mol. The third-order valence-electron chi connectivity index (χ3n) is 8.71. The van der Waals surface area contributed by atoms with E-state index in [0.717, 1.165) is 37.5 Å². The van der Waals surface area contributed by atoms with Crippen molar-refractivity contribution in [1.82, 2.24) is 25.0 Å². The normalized spacial score (nSPS) is 26.4. The van der Waals surface area contributed by atoms with Crippen LogP contribution in [0.15, 0.2) is 12.1 Å². The molecule has 0 radical (unpaired) electrons. The zero-order chi connectivity index (χ0) is 24.5. The number of carbonyl (C=O) groups excluding carboxylic acids is 1. The average Bonchev–Trinajstić information content (AvgIpc) is 3.52. The summed E-state index contributed by atoms with van der Waals surface area (Å²) >= 11 is 1.84. The Morgan fingerprint density at radius 3 is 2.37 bits per heavy atom. The number of nitrogens with zero attached hydrogens (tertiary/aromatic N) is 4. The molecule has 4 heterocycles. The van der Waals surface area contributed by atoms with Gasteiger partial charge in [-0.25, -0.2) is 0 Å². The molecule has 3 aliphatic rings. The van der Waals surface area contributed by atoms with Crippen molar-refractivity contribution in [3.63, 3.8) is 0 Å². The number of rotatable bonds is 8. The van der Waals surface area contributed by atoms with Crippen LogP contribution in [0.5, 0.6) is 0 Å². The molecule has 0 aromatic carbocycles. The molecule has 7 heteroatoms. The van der Waals surface area contributed by atoms with Crippen LogP contribution in [0.4, 0.5) is 0 Å². The van der Waals surface area contributed by atoms with Crippen LogP contribution in [0.1, 0.15) is 117 Å². The van der Waals surface area contributed by atoms with Gasteiger partial charge in [0, 0.05) is 46.3 Å². The maximum Gasteiger partial charge on any atom is 0.223 e. The first-order valence-electron chi connectivity index (χ1n) is 13.9. The molecule has 2 aromatic heterocycles. The number of aromatic nitrogens is 3. The van der Waals surface area contributed by atoms with Crippen molar-refractivity contribution in [2.75, 3.05) is 6.54 Å². The van der Waals surface area contributed by atoms with Gasteiger partial charge in [-0.3, -0.25) is 9.69 Å². The van der Waals surface area contributed by atoms with E-state index in [1.54, 1.807) is 0 Å². The van der Waals surface area contributed by atoms with E-state index < -0.39 is 0 Å². The molecule has 1 N–H and O–H groups in total. The molecule has 2 bridgehead atoms. The largest absolute Gasteiger partial charge is 0.348 e. The van der Waals surface area contributed by atoms with Crippen molar-refractivity contribution in [2.24, 2.45) is 5.92 Å². The highest BCUT2D eigenvalue weighted by Crippen LogP contribution is 2.42. The first-order chi connectivity index (χ1) is 16.9. The molecule has 5 rings (SSSR count). The summed E-state index contributed by atoms with van der Waals surface area (Å²) in [6.45, 7) is 9.77. The molecule has 1 unspecified atom stereocenters. The molecule has 192 valence electrons. The van der Waals surface area contributed by atoms with Crippen molar-refractivity contribution < 1.29 is 4.79 Å². The van der Waals surface area contributed by atoms with Gasteiger partial charge in [-0.2, -0.15) is 0 Å². The predicted octanol–water partition coefficient (Wildman–Crippen LogP) is 6.08. The van der Waals surface area contributed by atoms with Gasteiger partial charge in [0.25, 0.3) is 0 Å². The summed E-state index contributed by atoms with van der Waals surface area (Å²) in [5, 5.41) is 12.4. The maximum atomic E-state index is 13.1. The summed E-state index contributed by atoms with van der Waals surface area (Å²) in [5.74, 6) is 3.09. The minimum atomic E-state index is 0.132. The maximum absolute atomic E-state index is 13.1. The third kappa shape index (κ3) is 5.36. The summed E-state index contributed by atoms with van der Waals surface area (Å²) in [6.07, 6.45) is 11.7. The van der Waals surface area contributed by atoms with Crippen LogP contribution in [0.25, 0.3) is 0 Å². The van der Waals surface area contributed by atoms with E-state index in [0.29, 0.717) is 24.0 Å². The van der Waals surface area contributed by atoms with Gasteiger partial charge in [-0.15, -0.1) is 21.5 Å². The average molecular weight is 498 g/mol. The molecule has 2 aliphatic heterocycles. The van der Waals surface area contributed by atoms with Gasteiger partial charge in [0.1, 0.15) is 11.6 Å². The number of amides is 1. The van der Waals surface area contributed by atoms with Crippen LogP contribution < -0.4 is 5.32 Å². The molecule has 2 saturated heterocycles. The summed E-state index contributed by atoms with van der Waals surface area (Å²) < 4.78 is 2.44. The monoisotopic (exact) mass is 497 g/mol. The Morgan fingerprint density at radius 1 is 1.03 bits per heavy atom. The zero-order valence-corrected chi connectivity index (χ0v) is 22.8. The Hall–Kier alpha value is -1.73. The highest BCUT2D eigenvalue weighted by molar-refractivity contribution is 7.12. The van der Waals surface area contributed by atoms with Crippen LogP contribution in [0, 0.1) is 19.8 Å². The highest BCUT2D eigenvalue weighted by atomic mass is 32.1. The standard InChI is InChI=1S/C28H43N5OS/c1-18(2)27-31-30-20(4)33(27)24-16-22-11-12-23(17-24)32(22)15-14-25(26-13-10-19(3)35-26)29-28(34)21-8-6-5-7-9-21/h10,13,18,21-25H,5-9,11-12,14-17H2,1-4H3,(H,29,34)/t22-,23+,24?,25-/m0/s1. The SMILES string of the molecule is Cc1ccc([C@H](CCN2[C@@H]3CC[C@H]2CC(n2c(C)nnc2C(C)C)C3)NC(=O)C2CCCCC2)s1. The third-order valence-corrected chi connectivity index (χ3v) is 9.82. The van der Waals surface area contributed by atoms with E-state index in [1.165, 1.54) is 54.7 Å². The molecule has 1 amide bonds. The van der Waals surface area contributed by atoms with Crippen molar-refractivity contribution in [2.45, 2.75) is 122 Å². The smallest absolute Gasteiger partial charge is 0.223 e. The van der Waals surface area contributed by atoms with Crippen molar-refractivity contribution in [3.05, 3.63) is 33.5 Å². The number of hydrogen-bond donors (Lipinski definition) is 1. The first kappa shape index (κ1) is 24.9. The lowest BCUT2D eigenvalue weighted by atomic mass is 9.88. The van der Waals surface area contributed by atoms with E-state index in [2.05, 4.69) is 64.8 Å². The van der Waals surface area contributed by atoms with E-state index in [-0.39, 0.29) is 17.9 Å². The number of piperidine rings is 1.